The number of aliphatic hydroxyl groups is 1. The molecule has 4 N–H and O–H groups in total. The number of H-pyrrole nitrogens is 1. The Kier molecular flexibility index (Phi) is 5.36. The highest BCUT2D eigenvalue weighted by Crippen LogP contribution is 2.38. The number of ether oxygens (including phenoxy) is 3. The van der Waals surface area contributed by atoms with Gasteiger partial charge in [0.25, 0.3) is 11.8 Å². The molecular weight excluding hydrogens is 445 g/mol. The molecule has 0 aliphatic carbocycles. The van der Waals surface area contributed by atoms with Crippen LogP contribution in [0.15, 0.2) is 18.2 Å². The van der Waals surface area contributed by atoms with Crippen molar-refractivity contribution in [3.05, 3.63) is 52.1 Å². The molecule has 10 heteroatoms. The zero-order chi connectivity index (χ0) is 24.4. The third kappa shape index (κ3) is 3.72. The van der Waals surface area contributed by atoms with Crippen LogP contribution in [0, 0.1) is 19.7 Å². The molecule has 0 radical (unpaired) electrons. The Morgan fingerprint density at radius 1 is 1.26 bits per heavy atom. The lowest BCUT2D eigenvalue weighted by molar-refractivity contribution is -0.192. The molecule has 2 amide bonds. The minimum atomic E-state index is -0.855. The van der Waals surface area contributed by atoms with Crippen LogP contribution in [0.1, 0.15) is 46.7 Å². The number of anilines is 1. The fourth-order valence-electron chi connectivity index (χ4n) is 4.85. The third-order valence-electron chi connectivity index (χ3n) is 6.36. The predicted molar refractivity (Wildman–Crippen MR) is 120 cm³/mol. The summed E-state index contributed by atoms with van der Waals surface area (Å²) in [5, 5.41) is 15.2. The zero-order valence-corrected chi connectivity index (χ0v) is 19.2. The highest BCUT2D eigenvalue weighted by molar-refractivity contribution is 6.34. The first-order valence-corrected chi connectivity index (χ1v) is 11.0. The van der Waals surface area contributed by atoms with E-state index in [0.29, 0.717) is 39.3 Å². The zero-order valence-electron chi connectivity index (χ0n) is 19.2. The van der Waals surface area contributed by atoms with Gasteiger partial charge >= 0.3 is 0 Å². The molecule has 180 valence electrons. The fraction of sp³-hybridized carbons (Fsp3) is 0.417. The first-order chi connectivity index (χ1) is 16.1. The van der Waals surface area contributed by atoms with Crippen molar-refractivity contribution < 1.29 is 33.3 Å². The maximum absolute atomic E-state index is 13.8. The molecule has 0 spiro atoms. The molecule has 1 aromatic carbocycles. The molecule has 3 aliphatic rings. The first kappa shape index (κ1) is 22.7. The number of rotatable bonds is 4. The molecule has 2 aromatic rings. The molecule has 0 saturated carbocycles. The molecule has 34 heavy (non-hydrogen) atoms. The molecule has 2 fully saturated rings. The summed E-state index contributed by atoms with van der Waals surface area (Å²) in [6, 6.07) is 4.10. The number of aromatic amines is 1. The Balaban J connectivity index is 1.41. The van der Waals surface area contributed by atoms with Crippen molar-refractivity contribution in [3.8, 4) is 0 Å². The quantitative estimate of drug-likeness (QED) is 0.508. The van der Waals surface area contributed by atoms with Gasteiger partial charge in [-0.2, -0.15) is 0 Å². The van der Waals surface area contributed by atoms with E-state index in [0.717, 1.165) is 0 Å². The van der Waals surface area contributed by atoms with E-state index in [4.69, 9.17) is 14.2 Å². The molecule has 0 bridgehead atoms. The molecule has 1 aromatic heterocycles. The summed E-state index contributed by atoms with van der Waals surface area (Å²) in [6.45, 7) is 6.78. The molecule has 1 unspecified atom stereocenters. The number of aromatic nitrogens is 1. The van der Waals surface area contributed by atoms with Crippen molar-refractivity contribution in [2.75, 3.05) is 11.9 Å². The van der Waals surface area contributed by atoms with E-state index < -0.39 is 42.1 Å². The summed E-state index contributed by atoms with van der Waals surface area (Å²) < 4.78 is 31.3. The number of benzene rings is 1. The van der Waals surface area contributed by atoms with E-state index in [1.807, 2.05) is 0 Å². The van der Waals surface area contributed by atoms with Crippen LogP contribution in [0.3, 0.4) is 0 Å². The van der Waals surface area contributed by atoms with Crippen molar-refractivity contribution in [3.63, 3.8) is 0 Å². The summed E-state index contributed by atoms with van der Waals surface area (Å²) in [4.78, 5) is 28.8. The van der Waals surface area contributed by atoms with Gasteiger partial charge in [0.05, 0.1) is 17.7 Å². The third-order valence-corrected chi connectivity index (χ3v) is 6.36. The predicted octanol–water partition coefficient (Wildman–Crippen LogP) is 2.23. The standard InChI is InChI=1S/C24H26FN3O6/c1-10-16(8-14-13-7-12(25)5-6-15(13)27-21(14)30)26-11(2)18(10)22(31)28-23-20-19(17(9-29)32-23)33-24(3,4)34-20/h5-8,17,19-20,23,26,29H,9H2,1-4H3,(H,27,30)(H,28,31)/t17-,19-,20?,23-/m0/s1. The topological polar surface area (TPSA) is 122 Å². The van der Waals surface area contributed by atoms with Gasteiger partial charge in [0, 0.05) is 22.6 Å². The molecule has 2 saturated heterocycles. The van der Waals surface area contributed by atoms with Crippen molar-refractivity contribution >= 4 is 29.2 Å². The van der Waals surface area contributed by atoms with Crippen molar-refractivity contribution in [2.24, 2.45) is 0 Å². The number of hydrogen-bond donors (Lipinski definition) is 4. The molecule has 9 nitrogen and oxygen atoms in total. The number of aliphatic hydroxyl groups excluding tert-OH is 1. The highest BCUT2D eigenvalue weighted by Gasteiger charge is 2.55. The minimum Gasteiger partial charge on any atom is -0.394 e. The van der Waals surface area contributed by atoms with E-state index in [2.05, 4.69) is 15.6 Å². The SMILES string of the molecule is Cc1[nH]c(C=C2C(=O)Nc3ccc(F)cc32)c(C)c1C(=O)N[C@H]1O[C@@H](CO)[C@@H]2OC(C)(C)OC21. The normalized spacial score (nSPS) is 28.2. The monoisotopic (exact) mass is 471 g/mol. The van der Waals surface area contributed by atoms with Gasteiger partial charge in [-0.15, -0.1) is 0 Å². The number of amides is 2. The molecule has 4 atom stereocenters. The maximum atomic E-state index is 13.8. The summed E-state index contributed by atoms with van der Waals surface area (Å²) in [6.07, 6.45) is -0.874. The Morgan fingerprint density at radius 3 is 2.74 bits per heavy atom. The number of carbonyl (C=O) groups excluding carboxylic acids is 2. The largest absolute Gasteiger partial charge is 0.394 e. The molecular formula is C24H26FN3O6. The van der Waals surface area contributed by atoms with E-state index in [9.17, 15) is 19.1 Å². The lowest BCUT2D eigenvalue weighted by Gasteiger charge is -2.24. The van der Waals surface area contributed by atoms with E-state index in [-0.39, 0.29) is 12.5 Å². The van der Waals surface area contributed by atoms with Crippen LogP contribution in [0.4, 0.5) is 10.1 Å². The van der Waals surface area contributed by atoms with Crippen LogP contribution in [-0.2, 0) is 19.0 Å². The van der Waals surface area contributed by atoms with Crippen LogP contribution in [-0.4, -0.2) is 58.8 Å². The number of nitrogens with one attached hydrogen (secondary N) is 3. The Morgan fingerprint density at radius 2 is 2.00 bits per heavy atom. The lowest BCUT2D eigenvalue weighted by Crippen LogP contribution is -2.44. The lowest BCUT2D eigenvalue weighted by atomic mass is 10.0. The Labute approximate surface area is 195 Å². The van der Waals surface area contributed by atoms with Gasteiger partial charge in [0.15, 0.2) is 12.0 Å². The van der Waals surface area contributed by atoms with Gasteiger partial charge in [0.1, 0.15) is 24.1 Å². The van der Waals surface area contributed by atoms with Gasteiger partial charge < -0.3 is 34.9 Å². The van der Waals surface area contributed by atoms with E-state index >= 15 is 0 Å². The summed E-state index contributed by atoms with van der Waals surface area (Å²) in [5.74, 6) is -2.04. The van der Waals surface area contributed by atoms with Crippen LogP contribution in [0.25, 0.3) is 11.6 Å². The van der Waals surface area contributed by atoms with Gasteiger partial charge in [0.2, 0.25) is 0 Å². The highest BCUT2D eigenvalue weighted by atomic mass is 19.1. The second-order valence-electron chi connectivity index (χ2n) is 9.18. The van der Waals surface area contributed by atoms with E-state index in [1.165, 1.54) is 18.2 Å². The average molecular weight is 471 g/mol. The van der Waals surface area contributed by atoms with Crippen LogP contribution < -0.4 is 10.6 Å². The van der Waals surface area contributed by atoms with Gasteiger partial charge in [-0.25, -0.2) is 4.39 Å². The van der Waals surface area contributed by atoms with Gasteiger partial charge in [-0.1, -0.05) is 0 Å². The van der Waals surface area contributed by atoms with Crippen molar-refractivity contribution in [1.82, 2.24) is 10.3 Å². The second-order valence-corrected chi connectivity index (χ2v) is 9.18. The first-order valence-electron chi connectivity index (χ1n) is 11.0. The number of fused-ring (bicyclic) bond motifs is 2. The van der Waals surface area contributed by atoms with E-state index in [1.54, 1.807) is 33.8 Å². The number of carbonyl (C=O) groups is 2. The van der Waals surface area contributed by atoms with Crippen molar-refractivity contribution in [2.45, 2.75) is 58.0 Å². The molecule has 3 aliphatic heterocycles. The summed E-state index contributed by atoms with van der Waals surface area (Å²) >= 11 is 0. The van der Waals surface area contributed by atoms with Crippen molar-refractivity contribution in [1.29, 1.82) is 0 Å². The number of halogens is 1. The summed E-state index contributed by atoms with van der Waals surface area (Å²) in [5.41, 5.74) is 3.47. The molecule has 5 rings (SSSR count). The maximum Gasteiger partial charge on any atom is 0.256 e. The molecule has 4 heterocycles. The summed E-state index contributed by atoms with van der Waals surface area (Å²) in [7, 11) is 0. The average Bonchev–Trinajstić information content (AvgIpc) is 3.43. The van der Waals surface area contributed by atoms with Gasteiger partial charge in [-0.3, -0.25) is 9.59 Å². The Bertz CT molecular complexity index is 1220. The van der Waals surface area contributed by atoms with Crippen LogP contribution in [0.2, 0.25) is 0 Å². The minimum absolute atomic E-state index is 0.267. The fourth-order valence-corrected chi connectivity index (χ4v) is 4.85. The smallest absolute Gasteiger partial charge is 0.256 e. The number of hydrogen-bond acceptors (Lipinski definition) is 6. The van der Waals surface area contributed by atoms with Crippen LogP contribution >= 0.6 is 0 Å². The van der Waals surface area contributed by atoms with Crippen LogP contribution in [0.5, 0.6) is 0 Å². The van der Waals surface area contributed by atoms with Gasteiger partial charge in [-0.05, 0) is 57.5 Å². The Hall–Kier alpha value is -3.05. The number of aryl methyl sites for hydroxylation is 1. The second kappa shape index (κ2) is 8.02.